The third-order valence-electron chi connectivity index (χ3n) is 3.05. The average molecular weight is 321 g/mol. The van der Waals surface area contributed by atoms with E-state index in [0.29, 0.717) is 26.2 Å². The summed E-state index contributed by atoms with van der Waals surface area (Å²) in [5.41, 5.74) is -0.489. The molecule has 21 heavy (non-hydrogen) atoms. The Morgan fingerprint density at radius 1 is 1.33 bits per heavy atom. The van der Waals surface area contributed by atoms with Crippen molar-refractivity contribution in [1.82, 2.24) is 14.9 Å². The van der Waals surface area contributed by atoms with E-state index in [1.54, 1.807) is 4.90 Å². The molecule has 8 heteroatoms. The molecule has 124 valence electrons. The van der Waals surface area contributed by atoms with Gasteiger partial charge in [-0.05, 0) is 33.6 Å². The number of ether oxygens (including phenoxy) is 1. The van der Waals surface area contributed by atoms with Crippen LogP contribution in [0.15, 0.2) is 0 Å². The van der Waals surface area contributed by atoms with E-state index in [-0.39, 0.29) is 12.1 Å². The third-order valence-corrected chi connectivity index (χ3v) is 3.78. The van der Waals surface area contributed by atoms with Crippen LogP contribution in [-0.4, -0.2) is 63.5 Å². The molecule has 7 nitrogen and oxygen atoms in total. The van der Waals surface area contributed by atoms with Crippen molar-refractivity contribution < 1.29 is 17.9 Å². The molecular formula is C13H27N3O4S. The van der Waals surface area contributed by atoms with Crippen molar-refractivity contribution in [2.24, 2.45) is 0 Å². The third kappa shape index (κ3) is 7.63. The molecule has 0 spiro atoms. The van der Waals surface area contributed by atoms with Crippen LogP contribution in [0.1, 0.15) is 33.6 Å². The molecule has 1 aliphatic heterocycles. The summed E-state index contributed by atoms with van der Waals surface area (Å²) >= 11 is 0. The molecule has 1 rings (SSSR count). The van der Waals surface area contributed by atoms with E-state index in [0.717, 1.165) is 19.1 Å². The number of carbonyl (C=O) groups is 1. The van der Waals surface area contributed by atoms with Gasteiger partial charge in [0.1, 0.15) is 5.60 Å². The van der Waals surface area contributed by atoms with Gasteiger partial charge in [-0.2, -0.15) is 0 Å². The summed E-state index contributed by atoms with van der Waals surface area (Å²) in [7, 11) is -3.14. The quantitative estimate of drug-likeness (QED) is 0.697. The number of nitrogens with zero attached hydrogens (tertiary/aromatic N) is 1. The molecule has 0 bridgehead atoms. The number of sulfonamides is 1. The number of amides is 1. The Balaban J connectivity index is 2.32. The Morgan fingerprint density at radius 3 is 2.57 bits per heavy atom. The first-order valence-corrected chi connectivity index (χ1v) is 9.12. The number of likely N-dealkylation sites (tertiary alicyclic amines) is 1. The molecule has 0 radical (unpaired) electrons. The second kappa shape index (κ2) is 7.42. The molecule has 1 heterocycles. The van der Waals surface area contributed by atoms with E-state index in [1.807, 2.05) is 20.8 Å². The maximum Gasteiger partial charge on any atom is 0.410 e. The maximum atomic E-state index is 12.1. The first-order valence-electron chi connectivity index (χ1n) is 7.23. The van der Waals surface area contributed by atoms with Gasteiger partial charge >= 0.3 is 6.09 Å². The number of hydrogen-bond donors (Lipinski definition) is 2. The van der Waals surface area contributed by atoms with Crippen LogP contribution >= 0.6 is 0 Å². The molecule has 0 aromatic carbocycles. The lowest BCUT2D eigenvalue weighted by Crippen LogP contribution is -2.45. The van der Waals surface area contributed by atoms with Gasteiger partial charge in [-0.25, -0.2) is 17.9 Å². The predicted octanol–water partition coefficient (Wildman–Crippen LogP) is 0.525. The minimum atomic E-state index is -3.14. The van der Waals surface area contributed by atoms with Gasteiger partial charge < -0.3 is 15.0 Å². The second-order valence-electron chi connectivity index (χ2n) is 6.34. The summed E-state index contributed by atoms with van der Waals surface area (Å²) in [4.78, 5) is 13.8. The summed E-state index contributed by atoms with van der Waals surface area (Å²) in [6, 6.07) is 0.109. The highest BCUT2D eigenvalue weighted by atomic mass is 32.2. The largest absolute Gasteiger partial charge is 0.444 e. The van der Waals surface area contributed by atoms with E-state index in [1.165, 1.54) is 0 Å². The topological polar surface area (TPSA) is 87.7 Å². The SMILES string of the molecule is CC(C)(C)OC(=O)N1CCCC1CNCCNS(C)(=O)=O. The van der Waals surface area contributed by atoms with Crippen LogP contribution in [0.25, 0.3) is 0 Å². The first-order chi connectivity index (χ1) is 9.58. The van der Waals surface area contributed by atoms with Crippen molar-refractivity contribution in [1.29, 1.82) is 0 Å². The van der Waals surface area contributed by atoms with Gasteiger partial charge in [0.2, 0.25) is 10.0 Å². The van der Waals surface area contributed by atoms with Gasteiger partial charge in [0, 0.05) is 32.2 Å². The van der Waals surface area contributed by atoms with E-state index in [2.05, 4.69) is 10.0 Å². The van der Waals surface area contributed by atoms with Crippen LogP contribution < -0.4 is 10.0 Å². The van der Waals surface area contributed by atoms with Crippen LogP contribution in [0.3, 0.4) is 0 Å². The first kappa shape index (κ1) is 18.2. The molecule has 2 N–H and O–H groups in total. The van der Waals surface area contributed by atoms with Crippen molar-refractivity contribution in [3.8, 4) is 0 Å². The highest BCUT2D eigenvalue weighted by Gasteiger charge is 2.31. The zero-order valence-electron chi connectivity index (χ0n) is 13.3. The smallest absolute Gasteiger partial charge is 0.410 e. The number of hydrogen-bond acceptors (Lipinski definition) is 5. The van der Waals surface area contributed by atoms with Gasteiger partial charge in [-0.1, -0.05) is 0 Å². The molecule has 0 saturated carbocycles. The van der Waals surface area contributed by atoms with E-state index in [9.17, 15) is 13.2 Å². The van der Waals surface area contributed by atoms with Crippen LogP contribution in [0.4, 0.5) is 4.79 Å². The fourth-order valence-corrected chi connectivity index (χ4v) is 2.68. The standard InChI is InChI=1S/C13H27N3O4S/c1-13(2,3)20-12(17)16-9-5-6-11(16)10-14-7-8-15-21(4,18)19/h11,14-15H,5-10H2,1-4H3. The normalized spacial score (nSPS) is 19.8. The zero-order chi connectivity index (χ0) is 16.1. The summed E-state index contributed by atoms with van der Waals surface area (Å²) in [6.45, 7) is 7.79. The Kier molecular flexibility index (Phi) is 6.42. The summed E-state index contributed by atoms with van der Waals surface area (Å²) in [6.07, 6.45) is 2.76. The lowest BCUT2D eigenvalue weighted by atomic mass is 10.2. The lowest BCUT2D eigenvalue weighted by molar-refractivity contribution is 0.0227. The van der Waals surface area contributed by atoms with Crippen molar-refractivity contribution in [2.45, 2.75) is 45.3 Å². The highest BCUT2D eigenvalue weighted by molar-refractivity contribution is 7.88. The Labute approximate surface area is 127 Å². The molecule has 1 aliphatic rings. The molecule has 1 atom stereocenters. The molecule has 1 saturated heterocycles. The fraction of sp³-hybridized carbons (Fsp3) is 0.923. The van der Waals surface area contributed by atoms with Crippen molar-refractivity contribution in [3.63, 3.8) is 0 Å². The van der Waals surface area contributed by atoms with Crippen molar-refractivity contribution in [2.75, 3.05) is 32.4 Å². The fourth-order valence-electron chi connectivity index (χ4n) is 2.20. The monoisotopic (exact) mass is 321 g/mol. The van der Waals surface area contributed by atoms with Crippen LogP contribution in [0.5, 0.6) is 0 Å². The summed E-state index contributed by atoms with van der Waals surface area (Å²) in [5, 5.41) is 3.17. The van der Waals surface area contributed by atoms with E-state index in [4.69, 9.17) is 4.74 Å². The van der Waals surface area contributed by atoms with E-state index < -0.39 is 15.6 Å². The predicted molar refractivity (Wildman–Crippen MR) is 81.7 cm³/mol. The maximum absolute atomic E-state index is 12.1. The second-order valence-corrected chi connectivity index (χ2v) is 8.17. The lowest BCUT2D eigenvalue weighted by Gasteiger charge is -2.28. The molecule has 1 fully saturated rings. The summed E-state index contributed by atoms with van der Waals surface area (Å²) < 4.78 is 29.6. The van der Waals surface area contributed by atoms with Gasteiger partial charge in [0.25, 0.3) is 0 Å². The summed E-state index contributed by atoms with van der Waals surface area (Å²) in [5.74, 6) is 0. The molecular weight excluding hydrogens is 294 g/mol. The molecule has 0 aliphatic carbocycles. The van der Waals surface area contributed by atoms with Crippen LogP contribution in [-0.2, 0) is 14.8 Å². The number of rotatable bonds is 6. The van der Waals surface area contributed by atoms with Crippen molar-refractivity contribution in [3.05, 3.63) is 0 Å². The van der Waals surface area contributed by atoms with Crippen LogP contribution in [0, 0.1) is 0 Å². The number of nitrogens with one attached hydrogen (secondary N) is 2. The molecule has 1 amide bonds. The van der Waals surface area contributed by atoms with E-state index >= 15 is 0 Å². The van der Waals surface area contributed by atoms with Gasteiger partial charge in [-0.15, -0.1) is 0 Å². The zero-order valence-corrected chi connectivity index (χ0v) is 14.1. The van der Waals surface area contributed by atoms with Gasteiger partial charge in [0.15, 0.2) is 0 Å². The van der Waals surface area contributed by atoms with Gasteiger partial charge in [-0.3, -0.25) is 0 Å². The average Bonchev–Trinajstić information content (AvgIpc) is 2.73. The minimum Gasteiger partial charge on any atom is -0.444 e. The van der Waals surface area contributed by atoms with Gasteiger partial charge in [0.05, 0.1) is 6.26 Å². The Morgan fingerprint density at radius 2 is 2.00 bits per heavy atom. The van der Waals surface area contributed by atoms with Crippen molar-refractivity contribution >= 4 is 16.1 Å². The Hall–Kier alpha value is -0.860. The minimum absolute atomic E-state index is 0.109. The van der Waals surface area contributed by atoms with Crippen LogP contribution in [0.2, 0.25) is 0 Å². The Bertz CT molecular complexity index is 445. The molecule has 0 aromatic rings. The molecule has 0 aromatic heterocycles. The molecule has 1 unspecified atom stereocenters. The highest BCUT2D eigenvalue weighted by Crippen LogP contribution is 2.20. The number of carbonyl (C=O) groups excluding carboxylic acids is 1.